The van der Waals surface area contributed by atoms with Gasteiger partial charge in [-0.3, -0.25) is 11.3 Å². The van der Waals surface area contributed by atoms with Gasteiger partial charge in [-0.15, -0.1) is 0 Å². The van der Waals surface area contributed by atoms with E-state index in [2.05, 4.69) is 17.6 Å². The highest BCUT2D eigenvalue weighted by atomic mass is 19.2. The lowest BCUT2D eigenvalue weighted by Gasteiger charge is -2.48. The van der Waals surface area contributed by atoms with Gasteiger partial charge in [-0.1, -0.05) is 42.8 Å². The molecule has 0 spiro atoms. The molecule has 110 valence electrons. The SMILES string of the molecule is NNC(c1ccc(F)c(F)c1)C1(c2ccccc2)CCC1. The predicted molar refractivity (Wildman–Crippen MR) is 78.4 cm³/mol. The second-order valence-corrected chi connectivity index (χ2v) is 5.65. The van der Waals surface area contributed by atoms with Crippen LogP contribution < -0.4 is 11.3 Å². The van der Waals surface area contributed by atoms with Crippen molar-refractivity contribution in [3.8, 4) is 0 Å². The molecule has 1 unspecified atom stereocenters. The second-order valence-electron chi connectivity index (χ2n) is 5.65. The van der Waals surface area contributed by atoms with Gasteiger partial charge in [0.05, 0.1) is 6.04 Å². The number of rotatable bonds is 4. The number of benzene rings is 2. The Morgan fingerprint density at radius 2 is 1.71 bits per heavy atom. The molecule has 4 heteroatoms. The molecule has 1 aliphatic rings. The maximum Gasteiger partial charge on any atom is 0.159 e. The molecule has 0 bridgehead atoms. The van der Waals surface area contributed by atoms with Crippen LogP contribution in [0, 0.1) is 11.6 Å². The Labute approximate surface area is 122 Å². The Kier molecular flexibility index (Phi) is 3.74. The maximum absolute atomic E-state index is 13.5. The minimum atomic E-state index is -0.838. The van der Waals surface area contributed by atoms with Gasteiger partial charge in [-0.25, -0.2) is 8.78 Å². The first kappa shape index (κ1) is 14.2. The molecule has 1 atom stereocenters. The van der Waals surface area contributed by atoms with Crippen LogP contribution >= 0.6 is 0 Å². The van der Waals surface area contributed by atoms with Crippen LogP contribution in [-0.4, -0.2) is 0 Å². The van der Waals surface area contributed by atoms with E-state index in [-0.39, 0.29) is 11.5 Å². The normalized spacial score (nSPS) is 18.0. The number of nitrogens with two attached hydrogens (primary N) is 1. The largest absolute Gasteiger partial charge is 0.271 e. The van der Waals surface area contributed by atoms with Gasteiger partial charge in [-0.2, -0.15) is 0 Å². The van der Waals surface area contributed by atoms with Crippen LogP contribution in [0.4, 0.5) is 8.78 Å². The molecule has 0 aliphatic heterocycles. The molecule has 0 heterocycles. The van der Waals surface area contributed by atoms with E-state index >= 15 is 0 Å². The highest BCUT2D eigenvalue weighted by molar-refractivity contribution is 5.36. The molecular weight excluding hydrogens is 270 g/mol. The lowest BCUT2D eigenvalue weighted by Crippen LogP contribution is -2.49. The lowest BCUT2D eigenvalue weighted by molar-refractivity contribution is 0.169. The molecule has 0 amide bonds. The standard InChI is InChI=1S/C17H18F2N2/c18-14-8-7-12(11-15(14)19)16(21-20)17(9-4-10-17)13-5-2-1-3-6-13/h1-3,5-8,11,16,21H,4,9-10,20H2. The van der Waals surface area contributed by atoms with Crippen molar-refractivity contribution in [3.63, 3.8) is 0 Å². The first-order valence-electron chi connectivity index (χ1n) is 7.14. The first-order chi connectivity index (χ1) is 10.2. The first-order valence-corrected chi connectivity index (χ1v) is 7.14. The number of hydrogen-bond donors (Lipinski definition) is 2. The predicted octanol–water partition coefficient (Wildman–Crippen LogP) is 3.59. The molecule has 3 rings (SSSR count). The average Bonchev–Trinajstić information content (AvgIpc) is 2.47. The summed E-state index contributed by atoms with van der Waals surface area (Å²) in [5.41, 5.74) is 4.53. The Morgan fingerprint density at radius 1 is 1.00 bits per heavy atom. The minimum Gasteiger partial charge on any atom is -0.271 e. The fourth-order valence-corrected chi connectivity index (χ4v) is 3.34. The van der Waals surface area contributed by atoms with Crippen molar-refractivity contribution >= 4 is 0 Å². The summed E-state index contributed by atoms with van der Waals surface area (Å²) in [7, 11) is 0. The summed E-state index contributed by atoms with van der Waals surface area (Å²) in [5.74, 6) is 4.09. The lowest BCUT2D eigenvalue weighted by atomic mass is 9.59. The second kappa shape index (κ2) is 5.54. The van der Waals surface area contributed by atoms with Crippen LogP contribution in [0.1, 0.15) is 36.4 Å². The van der Waals surface area contributed by atoms with Crippen molar-refractivity contribution in [2.24, 2.45) is 5.84 Å². The molecule has 1 aliphatic carbocycles. The van der Waals surface area contributed by atoms with E-state index in [9.17, 15) is 8.78 Å². The van der Waals surface area contributed by atoms with Crippen LogP contribution in [0.5, 0.6) is 0 Å². The molecule has 0 saturated heterocycles. The highest BCUT2D eigenvalue weighted by Crippen LogP contribution is 2.51. The minimum absolute atomic E-state index is 0.153. The van der Waals surface area contributed by atoms with Crippen LogP contribution in [-0.2, 0) is 5.41 Å². The van der Waals surface area contributed by atoms with Crippen LogP contribution in [0.15, 0.2) is 48.5 Å². The molecule has 0 radical (unpaired) electrons. The van der Waals surface area contributed by atoms with Crippen molar-refractivity contribution in [2.45, 2.75) is 30.7 Å². The third-order valence-corrected chi connectivity index (χ3v) is 4.59. The Balaban J connectivity index is 2.03. The Bertz CT molecular complexity index is 624. The molecule has 2 nitrogen and oxygen atoms in total. The third kappa shape index (κ3) is 2.34. The summed E-state index contributed by atoms with van der Waals surface area (Å²) < 4.78 is 26.7. The summed E-state index contributed by atoms with van der Waals surface area (Å²) in [6.07, 6.45) is 3.06. The zero-order chi connectivity index (χ0) is 14.9. The van der Waals surface area contributed by atoms with Gasteiger partial charge in [0.1, 0.15) is 0 Å². The molecule has 3 N–H and O–H groups in total. The van der Waals surface area contributed by atoms with E-state index in [4.69, 9.17) is 5.84 Å². The maximum atomic E-state index is 13.5. The summed E-state index contributed by atoms with van der Waals surface area (Å²) in [6, 6.07) is 13.9. The monoisotopic (exact) mass is 288 g/mol. The van der Waals surface area contributed by atoms with Crippen molar-refractivity contribution in [1.82, 2.24) is 5.43 Å². The topological polar surface area (TPSA) is 38.0 Å². The molecule has 21 heavy (non-hydrogen) atoms. The van der Waals surface area contributed by atoms with Crippen molar-refractivity contribution in [1.29, 1.82) is 0 Å². The van der Waals surface area contributed by atoms with Gasteiger partial charge in [0.15, 0.2) is 11.6 Å². The number of hydrazine groups is 1. The highest BCUT2D eigenvalue weighted by Gasteiger charge is 2.45. The zero-order valence-electron chi connectivity index (χ0n) is 11.7. The molecule has 1 fully saturated rings. The summed E-state index contributed by atoms with van der Waals surface area (Å²) >= 11 is 0. The van der Waals surface area contributed by atoms with E-state index in [1.807, 2.05) is 18.2 Å². The summed E-state index contributed by atoms with van der Waals surface area (Å²) in [5, 5.41) is 0. The van der Waals surface area contributed by atoms with Crippen LogP contribution in [0.3, 0.4) is 0 Å². The van der Waals surface area contributed by atoms with Gasteiger partial charge in [-0.05, 0) is 36.1 Å². The van der Waals surface area contributed by atoms with Crippen LogP contribution in [0.25, 0.3) is 0 Å². The molecule has 2 aromatic rings. The molecular formula is C17H18F2N2. The van der Waals surface area contributed by atoms with E-state index in [0.717, 1.165) is 25.3 Å². The van der Waals surface area contributed by atoms with Crippen molar-refractivity contribution < 1.29 is 8.78 Å². The van der Waals surface area contributed by atoms with Crippen molar-refractivity contribution in [3.05, 3.63) is 71.3 Å². The Hall–Kier alpha value is -1.78. The van der Waals surface area contributed by atoms with E-state index < -0.39 is 11.6 Å². The molecule has 2 aromatic carbocycles. The van der Waals surface area contributed by atoms with E-state index in [0.29, 0.717) is 5.56 Å². The number of halogens is 2. The Morgan fingerprint density at radius 3 is 2.24 bits per heavy atom. The van der Waals surface area contributed by atoms with E-state index in [1.54, 1.807) is 6.07 Å². The average molecular weight is 288 g/mol. The quantitative estimate of drug-likeness (QED) is 0.666. The zero-order valence-corrected chi connectivity index (χ0v) is 11.7. The third-order valence-electron chi connectivity index (χ3n) is 4.59. The van der Waals surface area contributed by atoms with E-state index in [1.165, 1.54) is 11.6 Å². The number of hydrogen-bond acceptors (Lipinski definition) is 2. The smallest absolute Gasteiger partial charge is 0.159 e. The summed E-state index contributed by atoms with van der Waals surface area (Å²) in [4.78, 5) is 0. The van der Waals surface area contributed by atoms with Gasteiger partial charge >= 0.3 is 0 Å². The fourth-order valence-electron chi connectivity index (χ4n) is 3.34. The summed E-state index contributed by atoms with van der Waals surface area (Å²) in [6.45, 7) is 0. The van der Waals surface area contributed by atoms with Gasteiger partial charge in [0, 0.05) is 5.41 Å². The number of nitrogens with one attached hydrogen (secondary N) is 1. The molecule has 0 aromatic heterocycles. The molecule has 1 saturated carbocycles. The van der Waals surface area contributed by atoms with Gasteiger partial charge in [0.2, 0.25) is 0 Å². The van der Waals surface area contributed by atoms with Gasteiger partial charge < -0.3 is 0 Å². The van der Waals surface area contributed by atoms with Crippen LogP contribution in [0.2, 0.25) is 0 Å². The fraction of sp³-hybridized carbons (Fsp3) is 0.294. The van der Waals surface area contributed by atoms with Gasteiger partial charge in [0.25, 0.3) is 0 Å². The van der Waals surface area contributed by atoms with Crippen molar-refractivity contribution in [2.75, 3.05) is 0 Å².